The Morgan fingerprint density at radius 1 is 1.25 bits per heavy atom. The Labute approximate surface area is 118 Å². The van der Waals surface area contributed by atoms with Crippen LogP contribution in [-0.4, -0.2) is 28.6 Å². The Balaban J connectivity index is 2.46. The lowest BCUT2D eigenvalue weighted by Gasteiger charge is -2.19. The van der Waals surface area contributed by atoms with Crippen LogP contribution < -0.4 is 10.6 Å². The van der Waals surface area contributed by atoms with Gasteiger partial charge in [-0.1, -0.05) is 13.8 Å². The SMILES string of the molecule is CC(NC(=O)NCC(C(=O)O)C(C)C)c1ccncc1. The molecule has 0 saturated carbocycles. The molecule has 1 rings (SSSR count). The number of carbonyl (C=O) groups excluding carboxylic acids is 1. The summed E-state index contributed by atoms with van der Waals surface area (Å²) in [7, 11) is 0. The number of aromatic nitrogens is 1. The molecule has 1 aromatic heterocycles. The Hall–Kier alpha value is -2.11. The molecule has 2 atom stereocenters. The van der Waals surface area contributed by atoms with E-state index in [2.05, 4.69) is 15.6 Å². The molecule has 0 aliphatic rings. The minimum Gasteiger partial charge on any atom is -0.481 e. The van der Waals surface area contributed by atoms with Crippen molar-refractivity contribution in [2.75, 3.05) is 6.54 Å². The number of carboxylic acid groups (broad SMARTS) is 1. The maximum absolute atomic E-state index is 11.7. The van der Waals surface area contributed by atoms with Gasteiger partial charge >= 0.3 is 12.0 Å². The zero-order chi connectivity index (χ0) is 15.1. The number of nitrogens with one attached hydrogen (secondary N) is 2. The van der Waals surface area contributed by atoms with Crippen molar-refractivity contribution < 1.29 is 14.7 Å². The molecule has 0 aromatic carbocycles. The summed E-state index contributed by atoms with van der Waals surface area (Å²) in [5, 5.41) is 14.4. The van der Waals surface area contributed by atoms with Crippen LogP contribution in [0.15, 0.2) is 24.5 Å². The van der Waals surface area contributed by atoms with E-state index < -0.39 is 11.9 Å². The third kappa shape index (κ3) is 4.87. The van der Waals surface area contributed by atoms with Gasteiger partial charge in [0.05, 0.1) is 12.0 Å². The summed E-state index contributed by atoms with van der Waals surface area (Å²) < 4.78 is 0. The fourth-order valence-corrected chi connectivity index (χ4v) is 1.79. The van der Waals surface area contributed by atoms with E-state index in [9.17, 15) is 9.59 Å². The van der Waals surface area contributed by atoms with Crippen molar-refractivity contribution in [1.82, 2.24) is 15.6 Å². The molecule has 20 heavy (non-hydrogen) atoms. The Kier molecular flexibility index (Phi) is 5.96. The number of nitrogens with zero attached hydrogens (tertiary/aromatic N) is 1. The molecule has 0 aliphatic carbocycles. The summed E-state index contributed by atoms with van der Waals surface area (Å²) >= 11 is 0. The largest absolute Gasteiger partial charge is 0.481 e. The first-order valence-electron chi connectivity index (χ1n) is 6.59. The quantitative estimate of drug-likeness (QED) is 0.740. The second-order valence-corrected chi connectivity index (χ2v) is 5.05. The minimum absolute atomic E-state index is 0.0366. The van der Waals surface area contributed by atoms with E-state index in [-0.39, 0.29) is 24.5 Å². The van der Waals surface area contributed by atoms with Gasteiger partial charge in [-0.3, -0.25) is 9.78 Å². The van der Waals surface area contributed by atoms with Crippen LogP contribution in [0.4, 0.5) is 4.79 Å². The molecule has 110 valence electrons. The van der Waals surface area contributed by atoms with E-state index in [1.807, 2.05) is 32.9 Å². The van der Waals surface area contributed by atoms with Crippen molar-refractivity contribution in [2.24, 2.45) is 11.8 Å². The molecule has 2 unspecified atom stereocenters. The van der Waals surface area contributed by atoms with Crippen LogP contribution in [0, 0.1) is 11.8 Å². The molecule has 0 radical (unpaired) electrons. The van der Waals surface area contributed by atoms with Gasteiger partial charge in [0.1, 0.15) is 0 Å². The fourth-order valence-electron chi connectivity index (χ4n) is 1.79. The van der Waals surface area contributed by atoms with E-state index in [1.165, 1.54) is 0 Å². The highest BCUT2D eigenvalue weighted by molar-refractivity contribution is 5.76. The van der Waals surface area contributed by atoms with Crippen molar-refractivity contribution in [3.63, 3.8) is 0 Å². The van der Waals surface area contributed by atoms with E-state index >= 15 is 0 Å². The van der Waals surface area contributed by atoms with Gasteiger partial charge in [0.15, 0.2) is 0 Å². The van der Waals surface area contributed by atoms with E-state index in [0.717, 1.165) is 5.56 Å². The van der Waals surface area contributed by atoms with Crippen LogP contribution in [-0.2, 0) is 4.79 Å². The molecule has 6 nitrogen and oxygen atoms in total. The second-order valence-electron chi connectivity index (χ2n) is 5.05. The van der Waals surface area contributed by atoms with Gasteiger partial charge in [-0.05, 0) is 30.5 Å². The third-order valence-electron chi connectivity index (χ3n) is 3.16. The molecule has 0 spiro atoms. The average Bonchev–Trinajstić information content (AvgIpc) is 2.39. The van der Waals surface area contributed by atoms with Gasteiger partial charge in [0, 0.05) is 18.9 Å². The standard InChI is InChI=1S/C14H21N3O3/c1-9(2)12(13(18)19)8-16-14(20)17-10(3)11-4-6-15-7-5-11/h4-7,9-10,12H,8H2,1-3H3,(H,18,19)(H2,16,17,20). The number of aliphatic carboxylic acids is 1. The lowest BCUT2D eigenvalue weighted by Crippen LogP contribution is -2.42. The van der Waals surface area contributed by atoms with Gasteiger partial charge in [-0.2, -0.15) is 0 Å². The molecule has 3 N–H and O–H groups in total. The molecule has 0 saturated heterocycles. The predicted octanol–water partition coefficient (Wildman–Crippen LogP) is 1.80. The number of hydrogen-bond acceptors (Lipinski definition) is 3. The number of pyridine rings is 1. The summed E-state index contributed by atoms with van der Waals surface area (Å²) in [6.07, 6.45) is 3.31. The molecule has 0 fully saturated rings. The summed E-state index contributed by atoms with van der Waals surface area (Å²) in [6, 6.07) is 3.10. The molecular formula is C14H21N3O3. The van der Waals surface area contributed by atoms with E-state index in [0.29, 0.717) is 0 Å². The van der Waals surface area contributed by atoms with Crippen LogP contribution in [0.1, 0.15) is 32.4 Å². The zero-order valence-electron chi connectivity index (χ0n) is 12.0. The van der Waals surface area contributed by atoms with E-state index in [4.69, 9.17) is 5.11 Å². The minimum atomic E-state index is -0.900. The molecular weight excluding hydrogens is 258 g/mol. The number of carboxylic acids is 1. The smallest absolute Gasteiger partial charge is 0.315 e. The second kappa shape index (κ2) is 7.47. The topological polar surface area (TPSA) is 91.3 Å². The third-order valence-corrected chi connectivity index (χ3v) is 3.16. The molecule has 0 aliphatic heterocycles. The Bertz CT molecular complexity index is 448. The number of urea groups is 1. The van der Waals surface area contributed by atoms with Gasteiger partial charge in [-0.25, -0.2) is 4.79 Å². The maximum atomic E-state index is 11.7. The molecule has 1 heterocycles. The van der Waals surface area contributed by atoms with E-state index in [1.54, 1.807) is 12.4 Å². The van der Waals surface area contributed by atoms with Crippen molar-refractivity contribution >= 4 is 12.0 Å². The Morgan fingerprint density at radius 2 is 1.85 bits per heavy atom. The summed E-state index contributed by atoms with van der Waals surface area (Å²) in [5.41, 5.74) is 0.939. The maximum Gasteiger partial charge on any atom is 0.315 e. The summed E-state index contributed by atoms with van der Waals surface area (Å²) in [6.45, 7) is 5.60. The number of carbonyl (C=O) groups is 2. The highest BCUT2D eigenvalue weighted by atomic mass is 16.4. The van der Waals surface area contributed by atoms with Crippen LogP contribution >= 0.6 is 0 Å². The first-order chi connectivity index (χ1) is 9.41. The average molecular weight is 279 g/mol. The van der Waals surface area contributed by atoms with Gasteiger partial charge < -0.3 is 15.7 Å². The van der Waals surface area contributed by atoms with Crippen LogP contribution in [0.5, 0.6) is 0 Å². The lowest BCUT2D eigenvalue weighted by atomic mass is 9.96. The van der Waals surface area contributed by atoms with Crippen LogP contribution in [0.25, 0.3) is 0 Å². The zero-order valence-corrected chi connectivity index (χ0v) is 12.0. The first kappa shape index (κ1) is 15.9. The monoisotopic (exact) mass is 279 g/mol. The highest BCUT2D eigenvalue weighted by Gasteiger charge is 2.22. The normalized spacial score (nSPS) is 13.6. The predicted molar refractivity (Wildman–Crippen MR) is 75.2 cm³/mol. The van der Waals surface area contributed by atoms with Gasteiger partial charge in [0.25, 0.3) is 0 Å². The number of amides is 2. The summed E-state index contributed by atoms with van der Waals surface area (Å²) in [4.78, 5) is 26.7. The van der Waals surface area contributed by atoms with Crippen molar-refractivity contribution in [1.29, 1.82) is 0 Å². The number of rotatable bonds is 6. The molecule has 2 amide bonds. The number of hydrogen-bond donors (Lipinski definition) is 3. The molecule has 1 aromatic rings. The van der Waals surface area contributed by atoms with Crippen molar-refractivity contribution in [3.8, 4) is 0 Å². The molecule has 0 bridgehead atoms. The fraction of sp³-hybridized carbons (Fsp3) is 0.500. The Morgan fingerprint density at radius 3 is 2.35 bits per heavy atom. The van der Waals surface area contributed by atoms with Crippen molar-refractivity contribution in [2.45, 2.75) is 26.8 Å². The highest BCUT2D eigenvalue weighted by Crippen LogP contribution is 2.11. The van der Waals surface area contributed by atoms with Gasteiger partial charge in [0.2, 0.25) is 0 Å². The first-order valence-corrected chi connectivity index (χ1v) is 6.59. The van der Waals surface area contributed by atoms with Crippen LogP contribution in [0.2, 0.25) is 0 Å². The summed E-state index contributed by atoms with van der Waals surface area (Å²) in [5.74, 6) is -1.52. The molecule has 6 heteroatoms. The van der Waals surface area contributed by atoms with Crippen molar-refractivity contribution in [3.05, 3.63) is 30.1 Å². The van der Waals surface area contributed by atoms with Gasteiger partial charge in [-0.15, -0.1) is 0 Å². The lowest BCUT2D eigenvalue weighted by molar-refractivity contribution is -0.142. The van der Waals surface area contributed by atoms with Crippen LogP contribution in [0.3, 0.4) is 0 Å².